The summed E-state index contributed by atoms with van der Waals surface area (Å²) >= 11 is 3.83. The van der Waals surface area contributed by atoms with Gasteiger partial charge in [0, 0.05) is 28.4 Å². The molecule has 11 nitrogen and oxygen atoms in total. The van der Waals surface area contributed by atoms with E-state index in [4.69, 9.17) is 4.74 Å². The van der Waals surface area contributed by atoms with Crippen LogP contribution < -0.4 is 10.1 Å². The number of carbonyl (C=O) groups excluding carboxylic acids is 1. The van der Waals surface area contributed by atoms with Gasteiger partial charge in [-0.3, -0.25) is 10.1 Å². The van der Waals surface area contributed by atoms with Crippen LogP contribution in [0.2, 0.25) is 0 Å². The summed E-state index contributed by atoms with van der Waals surface area (Å²) in [7, 11) is 4.99. The molecule has 0 spiro atoms. The average molecular weight is 545 g/mol. The summed E-state index contributed by atoms with van der Waals surface area (Å²) in [6, 6.07) is 11.2. The lowest BCUT2D eigenvalue weighted by Gasteiger charge is -2.33. The summed E-state index contributed by atoms with van der Waals surface area (Å²) < 4.78 is 11.1. The van der Waals surface area contributed by atoms with E-state index in [1.165, 1.54) is 23.5 Å². The van der Waals surface area contributed by atoms with E-state index in [-0.39, 0.29) is 11.6 Å². The van der Waals surface area contributed by atoms with Crippen LogP contribution in [0.4, 0.5) is 5.13 Å². The molecule has 14 heteroatoms. The maximum Gasteiger partial charge on any atom is 0.277 e. The second kappa shape index (κ2) is 11.3. The first-order chi connectivity index (χ1) is 17.2. The minimum atomic E-state index is -0.409. The highest BCUT2D eigenvalue weighted by molar-refractivity contribution is 7.99. The molecular formula is C22H24N8O3S3. The smallest absolute Gasteiger partial charge is 0.277 e. The lowest BCUT2D eigenvalue weighted by Crippen LogP contribution is -2.36. The minimum Gasteiger partial charge on any atom is -0.633 e. The number of ether oxygens (including phenoxy) is 1. The third-order valence-corrected chi connectivity index (χ3v) is 7.38. The number of pyridine rings is 1. The lowest BCUT2D eigenvalue weighted by atomic mass is 10.3. The second-order valence-electron chi connectivity index (χ2n) is 8.14. The minimum absolute atomic E-state index is 0.260. The van der Waals surface area contributed by atoms with E-state index in [9.17, 15) is 10.0 Å². The van der Waals surface area contributed by atoms with Crippen molar-refractivity contribution in [2.45, 2.75) is 26.9 Å². The number of likely N-dealkylation sites (N-methyl/N-ethyl adjacent to an activating group) is 1. The lowest BCUT2D eigenvalue weighted by molar-refractivity contribution is -0.840. The van der Waals surface area contributed by atoms with Crippen molar-refractivity contribution in [1.82, 2.24) is 29.1 Å². The zero-order chi connectivity index (χ0) is 25.7. The van der Waals surface area contributed by atoms with Crippen molar-refractivity contribution in [3.8, 4) is 5.75 Å². The molecule has 36 heavy (non-hydrogen) atoms. The Hall–Kier alpha value is -3.04. The molecule has 3 heterocycles. The van der Waals surface area contributed by atoms with Crippen molar-refractivity contribution in [2.24, 2.45) is 7.05 Å². The summed E-state index contributed by atoms with van der Waals surface area (Å²) in [6.07, 6.45) is 1.60. The standard InChI is InChI=1S/C22H24N8O3S3/c1-14-24-21(36-28-14)26-20(31)19-17(9-10-18(25-19)35-22-27-23-13-29(22)2)34-16-7-5-15(6-8-16)33-12-11-30(3,4)32/h5-10,13H,11-12H2,1-4H3,(H,24,26,28,31). The summed E-state index contributed by atoms with van der Waals surface area (Å²) in [6.45, 7) is 2.44. The van der Waals surface area contributed by atoms with Crippen LogP contribution in [0.25, 0.3) is 0 Å². The number of anilines is 1. The molecule has 4 rings (SSSR count). The average Bonchev–Trinajstić information content (AvgIpc) is 3.42. The fraction of sp³-hybridized carbons (Fsp3) is 0.273. The van der Waals surface area contributed by atoms with E-state index in [1.807, 2.05) is 43.4 Å². The third kappa shape index (κ3) is 7.24. The van der Waals surface area contributed by atoms with Crippen LogP contribution in [0, 0.1) is 12.1 Å². The van der Waals surface area contributed by atoms with Crippen molar-refractivity contribution in [3.05, 3.63) is 59.5 Å². The quantitative estimate of drug-likeness (QED) is 0.232. The highest BCUT2D eigenvalue weighted by Crippen LogP contribution is 2.34. The van der Waals surface area contributed by atoms with Crippen LogP contribution in [0.5, 0.6) is 5.75 Å². The van der Waals surface area contributed by atoms with Crippen molar-refractivity contribution in [3.63, 3.8) is 0 Å². The topological polar surface area (TPSA) is 131 Å². The Bertz CT molecular complexity index is 1340. The molecule has 0 unspecified atom stereocenters. The molecule has 1 amide bonds. The fourth-order valence-corrected chi connectivity index (χ4v) is 5.01. The van der Waals surface area contributed by atoms with Crippen LogP contribution in [0.15, 0.2) is 62.7 Å². The first-order valence-electron chi connectivity index (χ1n) is 10.8. The summed E-state index contributed by atoms with van der Waals surface area (Å²) in [5.41, 5.74) is 0.260. The van der Waals surface area contributed by atoms with Crippen molar-refractivity contribution in [2.75, 3.05) is 32.6 Å². The van der Waals surface area contributed by atoms with Crippen LogP contribution in [0.3, 0.4) is 0 Å². The van der Waals surface area contributed by atoms with E-state index in [0.717, 1.165) is 16.4 Å². The molecule has 3 aromatic heterocycles. The molecule has 4 aromatic rings. The van der Waals surface area contributed by atoms with Gasteiger partial charge in [0.15, 0.2) is 5.16 Å². The van der Waals surface area contributed by atoms with Crippen molar-refractivity contribution in [1.29, 1.82) is 0 Å². The number of aryl methyl sites for hydroxylation is 2. The fourth-order valence-electron chi connectivity index (χ4n) is 2.81. The second-order valence-corrected chi connectivity index (χ2v) is 11.0. The van der Waals surface area contributed by atoms with Gasteiger partial charge < -0.3 is 19.2 Å². The molecule has 0 aliphatic heterocycles. The van der Waals surface area contributed by atoms with Gasteiger partial charge in [-0.2, -0.15) is 4.37 Å². The zero-order valence-corrected chi connectivity index (χ0v) is 22.5. The van der Waals surface area contributed by atoms with Gasteiger partial charge in [-0.15, -0.1) is 10.2 Å². The number of amides is 1. The highest BCUT2D eigenvalue weighted by atomic mass is 32.2. The SMILES string of the molecule is Cc1nsc(NC(=O)c2nc(Sc3nncn3C)ccc2Sc2ccc(OCC[N+](C)(C)[O-])cc2)n1. The molecular weight excluding hydrogens is 520 g/mol. The number of aromatic nitrogens is 6. The molecule has 1 aromatic carbocycles. The maximum atomic E-state index is 13.2. The number of hydrogen-bond donors (Lipinski definition) is 1. The molecule has 0 bridgehead atoms. The number of benzene rings is 1. The molecule has 0 saturated heterocycles. The Labute approximate surface area is 220 Å². The molecule has 0 atom stereocenters. The first-order valence-corrected chi connectivity index (χ1v) is 13.2. The van der Waals surface area contributed by atoms with Gasteiger partial charge in [0.2, 0.25) is 5.13 Å². The van der Waals surface area contributed by atoms with Gasteiger partial charge in [-0.1, -0.05) is 11.8 Å². The number of quaternary nitrogens is 1. The number of carbonyl (C=O) groups is 1. The van der Waals surface area contributed by atoms with E-state index in [0.29, 0.717) is 44.9 Å². The molecule has 0 saturated carbocycles. The van der Waals surface area contributed by atoms with Crippen LogP contribution in [-0.2, 0) is 7.05 Å². The molecule has 0 radical (unpaired) electrons. The number of hydroxylamine groups is 3. The summed E-state index contributed by atoms with van der Waals surface area (Å²) in [5.74, 6) is 0.878. The predicted octanol–water partition coefficient (Wildman–Crippen LogP) is 3.88. The zero-order valence-electron chi connectivity index (χ0n) is 20.0. The van der Waals surface area contributed by atoms with Gasteiger partial charge in [-0.25, -0.2) is 9.97 Å². The predicted molar refractivity (Wildman–Crippen MR) is 138 cm³/mol. The van der Waals surface area contributed by atoms with Gasteiger partial charge >= 0.3 is 0 Å². The first kappa shape index (κ1) is 26.0. The van der Waals surface area contributed by atoms with Gasteiger partial charge in [-0.05, 0) is 55.1 Å². The third-order valence-electron chi connectivity index (χ3n) is 4.61. The Morgan fingerprint density at radius 1 is 1.17 bits per heavy atom. The number of nitrogens with zero attached hydrogens (tertiary/aromatic N) is 7. The number of nitrogens with one attached hydrogen (secondary N) is 1. The molecule has 1 N–H and O–H groups in total. The molecule has 188 valence electrons. The number of rotatable bonds is 10. The Morgan fingerprint density at radius 2 is 1.94 bits per heavy atom. The van der Waals surface area contributed by atoms with Crippen molar-refractivity contribution >= 4 is 46.1 Å². The number of hydrogen-bond acceptors (Lipinski definition) is 11. The molecule has 0 aliphatic rings. The molecule has 0 aliphatic carbocycles. The highest BCUT2D eigenvalue weighted by Gasteiger charge is 2.19. The molecule has 0 fully saturated rings. The van der Waals surface area contributed by atoms with Crippen LogP contribution in [0.1, 0.15) is 16.3 Å². The van der Waals surface area contributed by atoms with Crippen molar-refractivity contribution < 1.29 is 14.2 Å². The van der Waals surface area contributed by atoms with Crippen LogP contribution >= 0.6 is 35.1 Å². The van der Waals surface area contributed by atoms with E-state index in [2.05, 4.69) is 29.9 Å². The van der Waals surface area contributed by atoms with Gasteiger partial charge in [0.25, 0.3) is 5.91 Å². The maximum absolute atomic E-state index is 13.2. The largest absolute Gasteiger partial charge is 0.633 e. The van der Waals surface area contributed by atoms with E-state index >= 15 is 0 Å². The Kier molecular flexibility index (Phi) is 8.21. The van der Waals surface area contributed by atoms with Gasteiger partial charge in [0.1, 0.15) is 41.8 Å². The Morgan fingerprint density at radius 3 is 2.58 bits per heavy atom. The normalized spacial score (nSPS) is 11.5. The Balaban J connectivity index is 1.53. The summed E-state index contributed by atoms with van der Waals surface area (Å²) in [4.78, 5) is 23.6. The van der Waals surface area contributed by atoms with Gasteiger partial charge in [0.05, 0.1) is 14.1 Å². The van der Waals surface area contributed by atoms with E-state index in [1.54, 1.807) is 31.9 Å². The monoisotopic (exact) mass is 544 g/mol. The van der Waals surface area contributed by atoms with Crippen LogP contribution in [-0.4, -0.2) is 66.9 Å². The summed E-state index contributed by atoms with van der Waals surface area (Å²) in [5, 5.41) is 24.1. The van der Waals surface area contributed by atoms with E-state index < -0.39 is 4.65 Å².